The van der Waals surface area contributed by atoms with Gasteiger partial charge in [0.05, 0.1) is 11.1 Å². The summed E-state index contributed by atoms with van der Waals surface area (Å²) in [6.07, 6.45) is -3.76. The zero-order valence-corrected chi connectivity index (χ0v) is 13.3. The van der Waals surface area contributed by atoms with Gasteiger partial charge in [-0.2, -0.15) is 13.2 Å². The van der Waals surface area contributed by atoms with Crippen LogP contribution < -0.4 is 17.0 Å². The molecule has 9 heteroatoms. The predicted octanol–water partition coefficient (Wildman–Crippen LogP) is 2.58. The third-order valence-corrected chi connectivity index (χ3v) is 4.03. The number of hydrogen-bond donors (Lipinski definition) is 2. The van der Waals surface area contributed by atoms with Crippen LogP contribution in [-0.4, -0.2) is 14.5 Å². The molecule has 25 heavy (non-hydrogen) atoms. The maximum atomic E-state index is 13.7. The van der Waals surface area contributed by atoms with Gasteiger partial charge in [-0.1, -0.05) is 6.07 Å². The van der Waals surface area contributed by atoms with Crippen molar-refractivity contribution < 1.29 is 13.2 Å². The maximum absolute atomic E-state index is 13.7. The highest BCUT2D eigenvalue weighted by atomic mass is 19.4. The predicted molar refractivity (Wildman–Crippen MR) is 88.4 cm³/mol. The number of pyridine rings is 1. The van der Waals surface area contributed by atoms with Crippen molar-refractivity contribution in [2.45, 2.75) is 20.0 Å². The molecule has 0 aliphatic carbocycles. The zero-order chi connectivity index (χ0) is 18.5. The van der Waals surface area contributed by atoms with Gasteiger partial charge in [0.1, 0.15) is 23.4 Å². The quantitative estimate of drug-likeness (QED) is 0.658. The number of halogens is 3. The van der Waals surface area contributed by atoms with E-state index in [4.69, 9.17) is 11.5 Å². The number of anilines is 2. The molecule has 0 bridgehead atoms. The molecule has 3 rings (SSSR count). The topological polar surface area (TPSA) is 99.8 Å². The molecule has 0 radical (unpaired) electrons. The van der Waals surface area contributed by atoms with Gasteiger partial charge in [-0.25, -0.2) is 9.97 Å². The lowest BCUT2D eigenvalue weighted by Crippen LogP contribution is -2.29. The lowest BCUT2D eigenvalue weighted by atomic mass is 10.1. The summed E-state index contributed by atoms with van der Waals surface area (Å²) in [5.74, 6) is -0.194. The van der Waals surface area contributed by atoms with Gasteiger partial charge in [-0.3, -0.25) is 9.36 Å². The average molecular weight is 349 g/mol. The summed E-state index contributed by atoms with van der Waals surface area (Å²) in [5, 5.41) is -0.143. The van der Waals surface area contributed by atoms with Gasteiger partial charge in [-0.15, -0.1) is 0 Å². The van der Waals surface area contributed by atoms with Gasteiger partial charge in [-0.05, 0) is 37.1 Å². The number of nitrogen functional groups attached to an aromatic ring is 2. The molecule has 130 valence electrons. The van der Waals surface area contributed by atoms with Gasteiger partial charge in [0.25, 0.3) is 5.56 Å². The van der Waals surface area contributed by atoms with Crippen molar-refractivity contribution in [3.63, 3.8) is 0 Å². The highest BCUT2D eigenvalue weighted by Crippen LogP contribution is 2.34. The van der Waals surface area contributed by atoms with Crippen LogP contribution in [0.5, 0.6) is 0 Å². The summed E-state index contributed by atoms with van der Waals surface area (Å²) in [4.78, 5) is 20.3. The third kappa shape index (κ3) is 2.57. The third-order valence-electron chi connectivity index (χ3n) is 4.03. The summed E-state index contributed by atoms with van der Waals surface area (Å²) in [6.45, 7) is 3.16. The normalized spacial score (nSPS) is 11.9. The molecular weight excluding hydrogens is 335 g/mol. The molecule has 4 N–H and O–H groups in total. The lowest BCUT2D eigenvalue weighted by molar-refractivity contribution is -0.142. The Morgan fingerprint density at radius 3 is 2.44 bits per heavy atom. The molecule has 0 saturated carbocycles. The first-order valence-corrected chi connectivity index (χ1v) is 7.22. The van der Waals surface area contributed by atoms with Crippen LogP contribution >= 0.6 is 0 Å². The molecule has 0 unspecified atom stereocenters. The number of nitrogens with two attached hydrogens (primary N) is 2. The van der Waals surface area contributed by atoms with E-state index in [1.807, 2.05) is 0 Å². The SMILES string of the molecule is Cc1ccc(N)c(C)c1-n1c(C(F)(F)F)cc2c(N)ncnc2c1=O. The molecule has 6 nitrogen and oxygen atoms in total. The van der Waals surface area contributed by atoms with Crippen LogP contribution in [-0.2, 0) is 6.18 Å². The van der Waals surface area contributed by atoms with Crippen LogP contribution in [0.1, 0.15) is 16.8 Å². The van der Waals surface area contributed by atoms with Crippen molar-refractivity contribution in [2.75, 3.05) is 11.5 Å². The second kappa shape index (κ2) is 5.47. The number of benzene rings is 1. The number of rotatable bonds is 1. The molecule has 3 aromatic rings. The number of aryl methyl sites for hydroxylation is 1. The van der Waals surface area contributed by atoms with E-state index in [0.717, 1.165) is 12.4 Å². The number of nitrogens with zero attached hydrogens (tertiary/aromatic N) is 3. The molecular formula is C16H14F3N5O. The summed E-state index contributed by atoms with van der Waals surface area (Å²) < 4.78 is 41.6. The standard InChI is InChI=1S/C16H14F3N5O/c1-7-3-4-10(20)8(2)13(7)24-11(16(17,18)19)5-9-12(15(24)25)22-6-23-14(9)21/h3-6H,20H2,1-2H3,(H2,21,22,23). The van der Waals surface area contributed by atoms with E-state index in [0.29, 0.717) is 15.7 Å². The van der Waals surface area contributed by atoms with Crippen molar-refractivity contribution in [2.24, 2.45) is 0 Å². The van der Waals surface area contributed by atoms with Crippen molar-refractivity contribution in [1.82, 2.24) is 14.5 Å². The van der Waals surface area contributed by atoms with Crippen molar-refractivity contribution in [1.29, 1.82) is 0 Å². The summed E-state index contributed by atoms with van der Waals surface area (Å²) in [5.41, 5.74) is 10.4. The Bertz CT molecular complexity index is 1060. The molecule has 2 aromatic heterocycles. The van der Waals surface area contributed by atoms with E-state index < -0.39 is 17.4 Å². The van der Waals surface area contributed by atoms with Crippen LogP contribution in [0.25, 0.3) is 16.6 Å². The molecule has 0 spiro atoms. The first-order valence-electron chi connectivity index (χ1n) is 7.22. The summed E-state index contributed by atoms with van der Waals surface area (Å²) in [6, 6.07) is 3.92. The summed E-state index contributed by atoms with van der Waals surface area (Å²) in [7, 11) is 0. The van der Waals surface area contributed by atoms with Crippen LogP contribution in [0.15, 0.2) is 29.3 Å². The minimum absolute atomic E-state index is 0.0800. The maximum Gasteiger partial charge on any atom is 0.431 e. The Hall–Kier alpha value is -3.10. The fourth-order valence-electron chi connectivity index (χ4n) is 2.76. The minimum atomic E-state index is -4.79. The Morgan fingerprint density at radius 1 is 1.12 bits per heavy atom. The fourth-order valence-corrected chi connectivity index (χ4v) is 2.76. The van der Waals surface area contributed by atoms with E-state index in [9.17, 15) is 18.0 Å². The van der Waals surface area contributed by atoms with E-state index in [-0.39, 0.29) is 28.1 Å². The van der Waals surface area contributed by atoms with E-state index in [2.05, 4.69) is 9.97 Å². The number of fused-ring (bicyclic) bond motifs is 1. The lowest BCUT2D eigenvalue weighted by Gasteiger charge is -2.20. The van der Waals surface area contributed by atoms with E-state index in [1.165, 1.54) is 0 Å². The average Bonchev–Trinajstić information content (AvgIpc) is 2.53. The number of aromatic nitrogens is 3. The van der Waals surface area contributed by atoms with Crippen LogP contribution in [0.3, 0.4) is 0 Å². The van der Waals surface area contributed by atoms with Gasteiger partial charge in [0, 0.05) is 5.69 Å². The van der Waals surface area contributed by atoms with Gasteiger partial charge < -0.3 is 11.5 Å². The zero-order valence-electron chi connectivity index (χ0n) is 13.3. The first-order chi connectivity index (χ1) is 11.6. The molecule has 0 atom stereocenters. The molecule has 1 aromatic carbocycles. The highest BCUT2D eigenvalue weighted by Gasteiger charge is 2.37. The Kier molecular flexibility index (Phi) is 3.66. The smallest absolute Gasteiger partial charge is 0.398 e. The molecule has 0 aliphatic rings. The van der Waals surface area contributed by atoms with Gasteiger partial charge in [0.15, 0.2) is 0 Å². The van der Waals surface area contributed by atoms with Crippen LogP contribution in [0.4, 0.5) is 24.7 Å². The van der Waals surface area contributed by atoms with Crippen molar-refractivity contribution in [3.8, 4) is 5.69 Å². The Morgan fingerprint density at radius 2 is 1.80 bits per heavy atom. The first kappa shape index (κ1) is 16.7. The second-order valence-electron chi connectivity index (χ2n) is 5.63. The van der Waals surface area contributed by atoms with Gasteiger partial charge >= 0.3 is 6.18 Å². The van der Waals surface area contributed by atoms with Crippen molar-refractivity contribution >= 4 is 22.4 Å². The van der Waals surface area contributed by atoms with E-state index in [1.54, 1.807) is 26.0 Å². The van der Waals surface area contributed by atoms with E-state index >= 15 is 0 Å². The number of alkyl halides is 3. The summed E-state index contributed by atoms with van der Waals surface area (Å²) >= 11 is 0. The Balaban J connectivity index is 2.58. The van der Waals surface area contributed by atoms with Crippen molar-refractivity contribution in [3.05, 3.63) is 51.7 Å². The molecule has 0 fully saturated rings. The minimum Gasteiger partial charge on any atom is -0.398 e. The van der Waals surface area contributed by atoms with Gasteiger partial charge in [0.2, 0.25) is 0 Å². The molecule has 0 saturated heterocycles. The van der Waals surface area contributed by atoms with Crippen LogP contribution in [0, 0.1) is 13.8 Å². The largest absolute Gasteiger partial charge is 0.431 e. The van der Waals surface area contributed by atoms with Crippen LogP contribution in [0.2, 0.25) is 0 Å². The molecule has 0 aliphatic heterocycles. The number of hydrogen-bond acceptors (Lipinski definition) is 5. The monoisotopic (exact) mass is 349 g/mol. The Labute approximate surface area is 139 Å². The highest BCUT2D eigenvalue weighted by molar-refractivity contribution is 5.88. The molecule has 0 amide bonds. The molecule has 2 heterocycles. The fraction of sp³-hybridized carbons (Fsp3) is 0.188. The second-order valence-corrected chi connectivity index (χ2v) is 5.63.